The van der Waals surface area contributed by atoms with Crippen molar-refractivity contribution in [3.63, 3.8) is 0 Å². The van der Waals surface area contributed by atoms with Gasteiger partial charge in [-0.25, -0.2) is 0 Å². The standard InChI is InChI=1S/C15H18N4O2/c1-4-18-11(2)9-13(12(18)3)10-16-17-14-5-7-15(8-6-14)19(20)21/h5-10,17H,4H2,1-3H3/b16-10-. The van der Waals surface area contributed by atoms with Gasteiger partial charge in [0.25, 0.3) is 5.69 Å². The van der Waals surface area contributed by atoms with Crippen LogP contribution in [0.4, 0.5) is 11.4 Å². The van der Waals surface area contributed by atoms with E-state index in [0.717, 1.165) is 12.1 Å². The van der Waals surface area contributed by atoms with Crippen molar-refractivity contribution in [2.75, 3.05) is 5.43 Å². The van der Waals surface area contributed by atoms with Crippen LogP contribution in [0.25, 0.3) is 0 Å². The van der Waals surface area contributed by atoms with Gasteiger partial charge in [0.15, 0.2) is 0 Å². The van der Waals surface area contributed by atoms with Gasteiger partial charge >= 0.3 is 0 Å². The van der Waals surface area contributed by atoms with Crippen LogP contribution in [0, 0.1) is 24.0 Å². The zero-order valence-corrected chi connectivity index (χ0v) is 12.3. The van der Waals surface area contributed by atoms with Crippen molar-refractivity contribution in [1.29, 1.82) is 0 Å². The van der Waals surface area contributed by atoms with Crippen molar-refractivity contribution in [3.8, 4) is 0 Å². The van der Waals surface area contributed by atoms with Crippen LogP contribution in [0.1, 0.15) is 23.9 Å². The summed E-state index contributed by atoms with van der Waals surface area (Å²) >= 11 is 0. The third-order valence-electron chi connectivity index (χ3n) is 3.40. The van der Waals surface area contributed by atoms with Crippen LogP contribution in [-0.2, 0) is 6.54 Å². The summed E-state index contributed by atoms with van der Waals surface area (Å²) in [5.41, 5.74) is 7.08. The number of nitro groups is 1. The Bertz CT molecular complexity index is 672. The molecule has 6 heteroatoms. The van der Waals surface area contributed by atoms with Gasteiger partial charge in [0.2, 0.25) is 0 Å². The van der Waals surface area contributed by atoms with E-state index in [4.69, 9.17) is 0 Å². The molecular weight excluding hydrogens is 268 g/mol. The lowest BCUT2D eigenvalue weighted by Crippen LogP contribution is -1.99. The van der Waals surface area contributed by atoms with Gasteiger partial charge in [-0.2, -0.15) is 5.10 Å². The van der Waals surface area contributed by atoms with Crippen LogP contribution in [-0.4, -0.2) is 15.7 Å². The number of aromatic nitrogens is 1. The predicted molar refractivity (Wildman–Crippen MR) is 83.9 cm³/mol. The molecule has 0 unspecified atom stereocenters. The monoisotopic (exact) mass is 286 g/mol. The molecule has 0 radical (unpaired) electrons. The third kappa shape index (κ3) is 3.28. The fourth-order valence-corrected chi connectivity index (χ4v) is 2.28. The van der Waals surface area contributed by atoms with Gasteiger partial charge in [-0.1, -0.05) is 0 Å². The highest BCUT2D eigenvalue weighted by atomic mass is 16.6. The number of non-ortho nitro benzene ring substituents is 1. The molecule has 0 saturated heterocycles. The molecule has 0 saturated carbocycles. The van der Waals surface area contributed by atoms with Crippen molar-refractivity contribution in [3.05, 3.63) is 57.4 Å². The predicted octanol–water partition coefficient (Wildman–Crippen LogP) is 3.48. The maximum Gasteiger partial charge on any atom is 0.269 e. The Morgan fingerprint density at radius 3 is 2.52 bits per heavy atom. The number of nitrogens with one attached hydrogen (secondary N) is 1. The number of anilines is 1. The molecule has 0 bridgehead atoms. The van der Waals surface area contributed by atoms with Gasteiger partial charge in [0, 0.05) is 35.6 Å². The van der Waals surface area contributed by atoms with Gasteiger partial charge in [-0.15, -0.1) is 0 Å². The molecule has 0 atom stereocenters. The first-order valence-corrected chi connectivity index (χ1v) is 6.73. The summed E-state index contributed by atoms with van der Waals surface area (Å²) in [5, 5.41) is 14.7. The Labute approximate surface area is 123 Å². The number of rotatable bonds is 5. The summed E-state index contributed by atoms with van der Waals surface area (Å²) < 4.78 is 2.22. The molecule has 0 amide bonds. The number of aryl methyl sites for hydroxylation is 1. The fourth-order valence-electron chi connectivity index (χ4n) is 2.28. The van der Waals surface area contributed by atoms with Gasteiger partial charge < -0.3 is 4.57 Å². The summed E-state index contributed by atoms with van der Waals surface area (Å²) in [6, 6.07) is 8.23. The van der Waals surface area contributed by atoms with E-state index in [0.29, 0.717) is 5.69 Å². The van der Waals surface area contributed by atoms with Crippen LogP contribution >= 0.6 is 0 Å². The molecule has 0 aliphatic carbocycles. The number of hydrogen-bond acceptors (Lipinski definition) is 4. The Morgan fingerprint density at radius 1 is 1.33 bits per heavy atom. The van der Waals surface area contributed by atoms with E-state index in [1.807, 2.05) is 0 Å². The second-order valence-corrected chi connectivity index (χ2v) is 4.74. The zero-order valence-electron chi connectivity index (χ0n) is 12.3. The molecule has 1 aromatic carbocycles. The Morgan fingerprint density at radius 2 is 2.00 bits per heavy atom. The van der Waals surface area contributed by atoms with E-state index in [2.05, 4.69) is 41.9 Å². The number of hydrazone groups is 1. The molecule has 0 aliphatic rings. The number of nitro benzene ring substituents is 1. The van der Waals surface area contributed by atoms with E-state index >= 15 is 0 Å². The van der Waals surface area contributed by atoms with Gasteiger partial charge in [-0.05, 0) is 39.0 Å². The average molecular weight is 286 g/mol. The molecular formula is C15H18N4O2. The highest BCUT2D eigenvalue weighted by Gasteiger charge is 2.05. The second-order valence-electron chi connectivity index (χ2n) is 4.74. The first-order chi connectivity index (χ1) is 10.0. The van der Waals surface area contributed by atoms with E-state index in [-0.39, 0.29) is 5.69 Å². The minimum absolute atomic E-state index is 0.0658. The lowest BCUT2D eigenvalue weighted by molar-refractivity contribution is -0.384. The molecule has 110 valence electrons. The average Bonchev–Trinajstić information content (AvgIpc) is 2.73. The maximum atomic E-state index is 10.6. The molecule has 6 nitrogen and oxygen atoms in total. The summed E-state index contributed by atoms with van der Waals surface area (Å²) in [6.07, 6.45) is 1.76. The molecule has 1 N–H and O–H groups in total. The highest BCUT2D eigenvalue weighted by Crippen LogP contribution is 2.16. The van der Waals surface area contributed by atoms with Crippen molar-refractivity contribution in [2.24, 2.45) is 5.10 Å². The smallest absolute Gasteiger partial charge is 0.269 e. The largest absolute Gasteiger partial charge is 0.349 e. The van der Waals surface area contributed by atoms with E-state index in [9.17, 15) is 10.1 Å². The van der Waals surface area contributed by atoms with E-state index in [1.165, 1.54) is 23.5 Å². The lowest BCUT2D eigenvalue weighted by Gasteiger charge is -2.04. The van der Waals surface area contributed by atoms with E-state index in [1.54, 1.807) is 18.3 Å². The fraction of sp³-hybridized carbons (Fsp3) is 0.267. The molecule has 1 heterocycles. The number of nitrogens with zero attached hydrogens (tertiary/aromatic N) is 3. The summed E-state index contributed by atoms with van der Waals surface area (Å²) in [6.45, 7) is 7.17. The van der Waals surface area contributed by atoms with Gasteiger partial charge in [0.05, 0.1) is 16.8 Å². The minimum atomic E-state index is -0.424. The minimum Gasteiger partial charge on any atom is -0.349 e. The normalized spacial score (nSPS) is 11.0. The summed E-state index contributed by atoms with van der Waals surface area (Å²) in [7, 11) is 0. The molecule has 0 aliphatic heterocycles. The van der Waals surface area contributed by atoms with Crippen molar-refractivity contribution in [1.82, 2.24) is 4.57 Å². The molecule has 21 heavy (non-hydrogen) atoms. The third-order valence-corrected chi connectivity index (χ3v) is 3.40. The zero-order chi connectivity index (χ0) is 15.4. The van der Waals surface area contributed by atoms with Crippen LogP contribution in [0.15, 0.2) is 35.4 Å². The number of hydrogen-bond donors (Lipinski definition) is 1. The molecule has 2 aromatic rings. The van der Waals surface area contributed by atoms with Crippen LogP contribution in [0.2, 0.25) is 0 Å². The van der Waals surface area contributed by atoms with Gasteiger partial charge in [0.1, 0.15) is 0 Å². The van der Waals surface area contributed by atoms with Crippen LogP contribution < -0.4 is 5.43 Å². The SMILES string of the molecule is CCn1c(C)cc(/C=N\Nc2ccc([N+](=O)[O-])cc2)c1C. The maximum absolute atomic E-state index is 10.6. The van der Waals surface area contributed by atoms with Crippen LogP contribution in [0.5, 0.6) is 0 Å². The Hall–Kier alpha value is -2.63. The first-order valence-electron chi connectivity index (χ1n) is 6.73. The molecule has 0 spiro atoms. The van der Waals surface area contributed by atoms with Crippen molar-refractivity contribution < 1.29 is 4.92 Å². The molecule has 0 fully saturated rings. The molecule has 2 rings (SSSR count). The topological polar surface area (TPSA) is 72.5 Å². The number of benzene rings is 1. The van der Waals surface area contributed by atoms with Crippen molar-refractivity contribution in [2.45, 2.75) is 27.3 Å². The summed E-state index contributed by atoms with van der Waals surface area (Å²) in [4.78, 5) is 10.1. The van der Waals surface area contributed by atoms with Crippen LogP contribution in [0.3, 0.4) is 0 Å². The molecule has 1 aromatic heterocycles. The van der Waals surface area contributed by atoms with E-state index < -0.39 is 4.92 Å². The quantitative estimate of drug-likeness (QED) is 0.519. The van der Waals surface area contributed by atoms with Gasteiger partial charge in [-0.3, -0.25) is 15.5 Å². The lowest BCUT2D eigenvalue weighted by atomic mass is 10.3. The first kappa shape index (κ1) is 14.8. The summed E-state index contributed by atoms with van der Waals surface area (Å²) in [5.74, 6) is 0. The Balaban J connectivity index is 2.07. The Kier molecular flexibility index (Phi) is 4.37. The highest BCUT2D eigenvalue weighted by molar-refractivity contribution is 5.82. The van der Waals surface area contributed by atoms with Crippen molar-refractivity contribution >= 4 is 17.6 Å². The second kappa shape index (κ2) is 6.21.